The number of nitrogen functional groups attached to an aromatic ring is 2. The summed E-state index contributed by atoms with van der Waals surface area (Å²) in [7, 11) is 0. The maximum Gasteiger partial charge on any atom is 0.239 e. The molecule has 35 heavy (non-hydrogen) atoms. The van der Waals surface area contributed by atoms with E-state index in [0.717, 1.165) is 59.3 Å². The van der Waals surface area contributed by atoms with Crippen molar-refractivity contribution in [3.05, 3.63) is 73.4 Å². The summed E-state index contributed by atoms with van der Waals surface area (Å²) in [6.45, 7) is 0. The van der Waals surface area contributed by atoms with Crippen LogP contribution in [0, 0.1) is 0 Å². The summed E-state index contributed by atoms with van der Waals surface area (Å²) in [6.07, 6.45) is 9.42. The van der Waals surface area contributed by atoms with Crippen LogP contribution in [0.25, 0.3) is 22.2 Å². The quantitative estimate of drug-likeness (QED) is 0.373. The van der Waals surface area contributed by atoms with Crippen LogP contribution in [-0.2, 0) is 0 Å². The van der Waals surface area contributed by atoms with Crippen LogP contribution in [-0.4, -0.2) is 29.3 Å². The van der Waals surface area contributed by atoms with E-state index in [2.05, 4.69) is 42.9 Å². The predicted molar refractivity (Wildman–Crippen MR) is 135 cm³/mol. The minimum Gasteiger partial charge on any atom is -0.457 e. The van der Waals surface area contributed by atoms with E-state index in [1.807, 2.05) is 47.1 Å². The molecule has 0 radical (unpaired) electrons. The van der Waals surface area contributed by atoms with Crippen LogP contribution in [0.1, 0.15) is 37.8 Å². The first-order valence-electron chi connectivity index (χ1n) is 11.8. The number of anilines is 2. The Morgan fingerprint density at radius 1 is 0.800 bits per heavy atom. The van der Waals surface area contributed by atoms with Gasteiger partial charge in [0, 0.05) is 17.8 Å². The lowest BCUT2D eigenvalue weighted by Gasteiger charge is -2.29. The van der Waals surface area contributed by atoms with Gasteiger partial charge in [-0.3, -0.25) is 0 Å². The summed E-state index contributed by atoms with van der Waals surface area (Å²) in [5, 5.41) is 5.18. The van der Waals surface area contributed by atoms with Gasteiger partial charge in [0.2, 0.25) is 5.95 Å². The Labute approximate surface area is 202 Å². The highest BCUT2D eigenvalue weighted by Crippen LogP contribution is 2.40. The molecular formula is C26H26N8O. The van der Waals surface area contributed by atoms with Crippen LogP contribution in [0.5, 0.6) is 11.5 Å². The number of hydrogen-bond donors (Lipinski definition) is 2. The van der Waals surface area contributed by atoms with Gasteiger partial charge in [-0.05, 0) is 55.5 Å². The van der Waals surface area contributed by atoms with Crippen molar-refractivity contribution in [3.63, 3.8) is 0 Å². The van der Waals surface area contributed by atoms with Gasteiger partial charge >= 0.3 is 0 Å². The highest BCUT2D eigenvalue weighted by molar-refractivity contribution is 6.00. The minimum absolute atomic E-state index is 0.314. The molecular weight excluding hydrogens is 440 g/mol. The molecule has 1 aliphatic rings. The van der Waals surface area contributed by atoms with Gasteiger partial charge in [0.25, 0.3) is 0 Å². The minimum atomic E-state index is 0.314. The second-order valence-electron chi connectivity index (χ2n) is 8.89. The number of benzene rings is 2. The number of para-hydroxylation sites is 1. The Morgan fingerprint density at radius 3 is 2.23 bits per heavy atom. The molecule has 0 atom stereocenters. The van der Waals surface area contributed by atoms with Gasteiger partial charge < -0.3 is 20.8 Å². The van der Waals surface area contributed by atoms with Gasteiger partial charge in [0.05, 0.1) is 11.4 Å². The highest BCUT2D eigenvalue weighted by atomic mass is 16.5. The topological polar surface area (TPSA) is 123 Å². The van der Waals surface area contributed by atoms with Gasteiger partial charge in [0.1, 0.15) is 35.6 Å². The molecule has 0 bridgehead atoms. The van der Waals surface area contributed by atoms with Crippen molar-refractivity contribution in [3.8, 4) is 22.6 Å². The summed E-state index contributed by atoms with van der Waals surface area (Å²) < 4.78 is 10.1. The van der Waals surface area contributed by atoms with E-state index in [1.165, 1.54) is 0 Å². The normalized spacial score (nSPS) is 18.1. The van der Waals surface area contributed by atoms with E-state index in [0.29, 0.717) is 23.8 Å². The van der Waals surface area contributed by atoms with E-state index in [1.54, 1.807) is 12.7 Å². The molecule has 1 saturated carbocycles. The van der Waals surface area contributed by atoms with Crippen LogP contribution in [0.2, 0.25) is 0 Å². The zero-order valence-electron chi connectivity index (χ0n) is 19.2. The Morgan fingerprint density at radius 2 is 1.51 bits per heavy atom. The van der Waals surface area contributed by atoms with Crippen LogP contribution >= 0.6 is 0 Å². The zero-order chi connectivity index (χ0) is 23.8. The lowest BCUT2D eigenvalue weighted by Crippen LogP contribution is -2.21. The molecule has 0 spiro atoms. The fraction of sp³-hybridized carbons (Fsp3) is 0.231. The van der Waals surface area contributed by atoms with E-state index in [4.69, 9.17) is 16.2 Å². The number of aromatic nitrogens is 6. The number of nitrogens with two attached hydrogens (primary N) is 2. The van der Waals surface area contributed by atoms with E-state index in [-0.39, 0.29) is 0 Å². The molecule has 9 nitrogen and oxygen atoms in total. The number of ether oxygens (including phenoxy) is 1. The lowest BCUT2D eigenvalue weighted by molar-refractivity contribution is 0.264. The first-order chi connectivity index (χ1) is 17.2. The van der Waals surface area contributed by atoms with Crippen LogP contribution in [0.3, 0.4) is 0 Å². The number of rotatable bonds is 5. The molecule has 4 N–H and O–H groups in total. The molecule has 2 aromatic carbocycles. The van der Waals surface area contributed by atoms with Crippen molar-refractivity contribution < 1.29 is 4.74 Å². The second kappa shape index (κ2) is 8.75. The summed E-state index contributed by atoms with van der Waals surface area (Å²) in [5.41, 5.74) is 15.0. The third kappa shape index (κ3) is 4.05. The average Bonchev–Trinajstić information content (AvgIpc) is 3.50. The second-order valence-corrected chi connectivity index (χ2v) is 8.89. The first-order valence-corrected chi connectivity index (χ1v) is 11.8. The Balaban J connectivity index is 1.29. The maximum atomic E-state index is 6.35. The Kier molecular flexibility index (Phi) is 5.29. The van der Waals surface area contributed by atoms with Crippen molar-refractivity contribution in [2.75, 3.05) is 11.5 Å². The van der Waals surface area contributed by atoms with Gasteiger partial charge in [-0.1, -0.05) is 30.3 Å². The van der Waals surface area contributed by atoms with Gasteiger partial charge in [0.15, 0.2) is 0 Å². The molecule has 0 amide bonds. The first kappa shape index (κ1) is 21.2. The molecule has 3 aromatic heterocycles. The fourth-order valence-electron chi connectivity index (χ4n) is 5.00. The van der Waals surface area contributed by atoms with E-state index in [9.17, 15) is 0 Å². The zero-order valence-corrected chi connectivity index (χ0v) is 19.2. The van der Waals surface area contributed by atoms with Crippen molar-refractivity contribution in [2.24, 2.45) is 0 Å². The van der Waals surface area contributed by atoms with E-state index < -0.39 is 0 Å². The SMILES string of the molecule is Nc1ncn([C@H]2CC[C@H](n3cc(-c4ccc(Oc5ccccc5)cc4)c4c(N)ncnc43)CC2)n1. The van der Waals surface area contributed by atoms with Crippen LogP contribution in [0.15, 0.2) is 73.4 Å². The van der Waals surface area contributed by atoms with Crippen molar-refractivity contribution in [1.29, 1.82) is 0 Å². The Bertz CT molecular complexity index is 1450. The number of fused-ring (bicyclic) bond motifs is 1. The molecule has 0 aliphatic heterocycles. The van der Waals surface area contributed by atoms with Gasteiger partial charge in [-0.25, -0.2) is 19.6 Å². The third-order valence-corrected chi connectivity index (χ3v) is 6.74. The van der Waals surface area contributed by atoms with Crippen molar-refractivity contribution >= 4 is 22.8 Å². The lowest BCUT2D eigenvalue weighted by atomic mass is 9.91. The largest absolute Gasteiger partial charge is 0.457 e. The standard InChI is InChI=1S/C26H26N8O/c27-24-23-22(17-6-12-21(13-7-17)35-20-4-2-1-3-5-20)14-33(25(23)30-15-29-24)18-8-10-19(11-9-18)34-16-31-26(28)32-34/h1-7,12-16,18-19H,8-11H2,(H2,28,32)(H2,27,29,30)/t18-,19-. The third-order valence-electron chi connectivity index (χ3n) is 6.74. The van der Waals surface area contributed by atoms with Crippen LogP contribution < -0.4 is 16.2 Å². The molecule has 1 aliphatic carbocycles. The summed E-state index contributed by atoms with van der Waals surface area (Å²) >= 11 is 0. The van der Waals surface area contributed by atoms with E-state index >= 15 is 0 Å². The van der Waals surface area contributed by atoms with Gasteiger partial charge in [-0.2, -0.15) is 0 Å². The molecule has 1 fully saturated rings. The molecule has 176 valence electrons. The predicted octanol–water partition coefficient (Wildman–Crippen LogP) is 5.00. The average molecular weight is 467 g/mol. The van der Waals surface area contributed by atoms with Crippen LogP contribution in [0.4, 0.5) is 11.8 Å². The number of hydrogen-bond acceptors (Lipinski definition) is 7. The molecule has 6 rings (SSSR count). The smallest absolute Gasteiger partial charge is 0.239 e. The molecule has 9 heteroatoms. The van der Waals surface area contributed by atoms with Crippen molar-refractivity contribution in [2.45, 2.75) is 37.8 Å². The molecule has 0 saturated heterocycles. The Hall–Kier alpha value is -4.40. The summed E-state index contributed by atoms with van der Waals surface area (Å²) in [5.74, 6) is 2.39. The van der Waals surface area contributed by atoms with Crippen molar-refractivity contribution in [1.82, 2.24) is 29.3 Å². The molecule has 0 unspecified atom stereocenters. The molecule has 3 heterocycles. The molecule has 5 aromatic rings. The fourth-order valence-corrected chi connectivity index (χ4v) is 5.00. The number of nitrogens with zero attached hydrogens (tertiary/aromatic N) is 6. The summed E-state index contributed by atoms with van der Waals surface area (Å²) in [6, 6.07) is 18.4. The monoisotopic (exact) mass is 466 g/mol. The maximum absolute atomic E-state index is 6.35. The van der Waals surface area contributed by atoms with Gasteiger partial charge in [-0.15, -0.1) is 5.10 Å². The summed E-state index contributed by atoms with van der Waals surface area (Å²) in [4.78, 5) is 13.0. The highest BCUT2D eigenvalue weighted by Gasteiger charge is 2.27.